The van der Waals surface area contributed by atoms with Crippen LogP contribution >= 0.6 is 11.6 Å². The highest BCUT2D eigenvalue weighted by Crippen LogP contribution is 2.31. The lowest BCUT2D eigenvalue weighted by Gasteiger charge is -2.19. The average Bonchev–Trinajstić information content (AvgIpc) is 2.67. The van der Waals surface area contributed by atoms with Gasteiger partial charge in [0.2, 0.25) is 0 Å². The third kappa shape index (κ3) is 3.33. The molecular formula is C19H14ClFN2O4. The van der Waals surface area contributed by atoms with E-state index in [4.69, 9.17) is 21.1 Å². The van der Waals surface area contributed by atoms with Crippen molar-refractivity contribution in [2.24, 2.45) is 0 Å². The van der Waals surface area contributed by atoms with Crippen LogP contribution in [-0.4, -0.2) is 22.3 Å². The zero-order chi connectivity index (χ0) is 19.0. The summed E-state index contributed by atoms with van der Waals surface area (Å²) < 4.78 is 26.6. The topological polar surface area (TPSA) is 62.5 Å². The first-order chi connectivity index (χ1) is 13.0. The molecule has 0 amide bonds. The summed E-state index contributed by atoms with van der Waals surface area (Å²) in [7, 11) is 0. The van der Waals surface area contributed by atoms with Crippen molar-refractivity contribution in [1.29, 1.82) is 0 Å². The fourth-order valence-corrected chi connectivity index (χ4v) is 3.08. The molecule has 0 radical (unpaired) electrons. The number of hydrogen-bond donors (Lipinski definition) is 0. The fraction of sp³-hybridized carbons (Fsp3) is 0.158. The highest BCUT2D eigenvalue weighted by atomic mass is 35.5. The number of halogens is 2. The minimum Gasteiger partial charge on any atom is -0.486 e. The Hall–Kier alpha value is -3.06. The van der Waals surface area contributed by atoms with Gasteiger partial charge >= 0.3 is 11.1 Å². The molecule has 1 aliphatic rings. The maximum Gasteiger partial charge on any atom is 0.320 e. The smallest absolute Gasteiger partial charge is 0.320 e. The molecule has 0 saturated carbocycles. The Morgan fingerprint density at radius 2 is 1.74 bits per heavy atom. The van der Waals surface area contributed by atoms with Crippen LogP contribution in [0.1, 0.15) is 5.56 Å². The van der Waals surface area contributed by atoms with Crippen LogP contribution in [0.25, 0.3) is 5.69 Å². The van der Waals surface area contributed by atoms with Crippen LogP contribution in [0.15, 0.2) is 58.4 Å². The van der Waals surface area contributed by atoms with Gasteiger partial charge < -0.3 is 14.0 Å². The zero-order valence-electron chi connectivity index (χ0n) is 14.0. The second kappa shape index (κ2) is 6.92. The van der Waals surface area contributed by atoms with Crippen molar-refractivity contribution in [3.8, 4) is 17.2 Å². The molecular weight excluding hydrogens is 375 g/mol. The van der Waals surface area contributed by atoms with Gasteiger partial charge in [0.05, 0.1) is 12.2 Å². The van der Waals surface area contributed by atoms with Gasteiger partial charge in [0.15, 0.2) is 11.5 Å². The van der Waals surface area contributed by atoms with Crippen molar-refractivity contribution in [2.75, 3.05) is 13.2 Å². The SMILES string of the molecule is O=c1c(=O)n(-c2ccc3c(c2)OCCO3)ccn1Cc1ccc(F)cc1Cl. The van der Waals surface area contributed by atoms with E-state index in [1.165, 1.54) is 39.7 Å². The van der Waals surface area contributed by atoms with Crippen molar-refractivity contribution < 1.29 is 13.9 Å². The van der Waals surface area contributed by atoms with E-state index in [1.807, 2.05) is 0 Å². The molecule has 8 heteroatoms. The largest absolute Gasteiger partial charge is 0.486 e. The van der Waals surface area contributed by atoms with Gasteiger partial charge in [-0.2, -0.15) is 0 Å². The summed E-state index contributed by atoms with van der Waals surface area (Å²) in [6.07, 6.45) is 2.98. The molecule has 0 aliphatic carbocycles. The van der Waals surface area contributed by atoms with Crippen molar-refractivity contribution in [3.05, 3.63) is 85.9 Å². The summed E-state index contributed by atoms with van der Waals surface area (Å²) in [4.78, 5) is 25.0. The van der Waals surface area contributed by atoms with Gasteiger partial charge in [-0.25, -0.2) is 4.39 Å². The average molecular weight is 389 g/mol. The first-order valence-electron chi connectivity index (χ1n) is 8.19. The summed E-state index contributed by atoms with van der Waals surface area (Å²) in [5.41, 5.74) is -0.398. The van der Waals surface area contributed by atoms with Crippen LogP contribution in [0.5, 0.6) is 11.5 Å². The Morgan fingerprint density at radius 3 is 2.52 bits per heavy atom. The van der Waals surface area contributed by atoms with Gasteiger partial charge in [-0.05, 0) is 29.8 Å². The molecule has 0 spiro atoms. The van der Waals surface area contributed by atoms with Crippen LogP contribution in [0, 0.1) is 5.82 Å². The monoisotopic (exact) mass is 388 g/mol. The van der Waals surface area contributed by atoms with Crippen molar-refractivity contribution in [1.82, 2.24) is 9.13 Å². The lowest BCUT2D eigenvalue weighted by Crippen LogP contribution is -2.40. The zero-order valence-corrected chi connectivity index (χ0v) is 14.8. The van der Waals surface area contributed by atoms with E-state index in [2.05, 4.69) is 0 Å². The quantitative estimate of drug-likeness (QED) is 0.647. The van der Waals surface area contributed by atoms with Crippen LogP contribution < -0.4 is 20.6 Å². The van der Waals surface area contributed by atoms with E-state index in [-0.39, 0.29) is 11.6 Å². The number of rotatable bonds is 3. The molecule has 1 aliphatic heterocycles. The molecule has 1 aromatic heterocycles. The van der Waals surface area contributed by atoms with E-state index in [0.29, 0.717) is 36.0 Å². The van der Waals surface area contributed by atoms with Gasteiger partial charge in [0, 0.05) is 23.5 Å². The molecule has 2 aromatic carbocycles. The summed E-state index contributed by atoms with van der Waals surface area (Å²) in [5.74, 6) is 0.649. The highest BCUT2D eigenvalue weighted by Gasteiger charge is 2.14. The second-order valence-electron chi connectivity index (χ2n) is 5.97. The predicted molar refractivity (Wildman–Crippen MR) is 97.8 cm³/mol. The number of nitrogens with zero attached hydrogens (tertiary/aromatic N) is 2. The minimum absolute atomic E-state index is 0.0646. The van der Waals surface area contributed by atoms with Crippen molar-refractivity contribution in [2.45, 2.75) is 6.54 Å². The number of hydrogen-bond acceptors (Lipinski definition) is 4. The third-order valence-electron chi connectivity index (χ3n) is 4.22. The number of aromatic nitrogens is 2. The molecule has 2 heterocycles. The van der Waals surface area contributed by atoms with Gasteiger partial charge in [-0.3, -0.25) is 14.2 Å². The molecule has 3 aromatic rings. The first-order valence-corrected chi connectivity index (χ1v) is 8.57. The van der Waals surface area contributed by atoms with E-state index >= 15 is 0 Å². The van der Waals surface area contributed by atoms with Gasteiger partial charge in [0.25, 0.3) is 0 Å². The molecule has 4 rings (SSSR count). The maximum absolute atomic E-state index is 13.2. The van der Waals surface area contributed by atoms with Crippen molar-refractivity contribution >= 4 is 11.6 Å². The Morgan fingerprint density at radius 1 is 0.963 bits per heavy atom. The molecule has 0 atom stereocenters. The summed E-state index contributed by atoms with van der Waals surface area (Å²) in [5, 5.41) is 0.193. The Balaban J connectivity index is 1.70. The number of ether oxygens (including phenoxy) is 2. The molecule has 0 saturated heterocycles. The molecule has 0 unspecified atom stereocenters. The standard InChI is InChI=1S/C19H14ClFN2O4/c20-15-9-13(21)2-1-12(15)11-22-5-6-23(19(25)18(22)24)14-3-4-16-17(10-14)27-8-7-26-16/h1-6,9-10H,7-8,11H2. The Kier molecular flexibility index (Phi) is 4.45. The lowest BCUT2D eigenvalue weighted by molar-refractivity contribution is 0.171. The number of benzene rings is 2. The molecule has 0 bridgehead atoms. The van der Waals surface area contributed by atoms with E-state index in [1.54, 1.807) is 18.2 Å². The summed E-state index contributed by atoms with van der Waals surface area (Å²) in [6.45, 7) is 0.953. The van der Waals surface area contributed by atoms with Crippen LogP contribution in [-0.2, 0) is 6.54 Å². The Bertz CT molecular complexity index is 1140. The maximum atomic E-state index is 13.2. The first kappa shape index (κ1) is 17.4. The van der Waals surface area contributed by atoms with Gasteiger partial charge in [0.1, 0.15) is 19.0 Å². The van der Waals surface area contributed by atoms with Gasteiger partial charge in [-0.1, -0.05) is 17.7 Å². The summed E-state index contributed by atoms with van der Waals surface area (Å²) in [6, 6.07) is 8.92. The summed E-state index contributed by atoms with van der Waals surface area (Å²) >= 11 is 6.00. The Labute approximate surface area is 158 Å². The fourth-order valence-electron chi connectivity index (χ4n) is 2.85. The minimum atomic E-state index is -0.715. The molecule has 138 valence electrons. The van der Waals surface area contributed by atoms with Crippen LogP contribution in [0.4, 0.5) is 4.39 Å². The van der Waals surface area contributed by atoms with E-state index in [0.717, 1.165) is 0 Å². The third-order valence-corrected chi connectivity index (χ3v) is 4.57. The number of fused-ring (bicyclic) bond motifs is 1. The second-order valence-corrected chi connectivity index (χ2v) is 6.38. The molecule has 0 fully saturated rings. The molecule has 0 N–H and O–H groups in total. The van der Waals surface area contributed by atoms with Crippen LogP contribution in [0.3, 0.4) is 0 Å². The van der Waals surface area contributed by atoms with Crippen LogP contribution in [0.2, 0.25) is 5.02 Å². The molecule has 6 nitrogen and oxygen atoms in total. The van der Waals surface area contributed by atoms with Crippen molar-refractivity contribution in [3.63, 3.8) is 0 Å². The normalized spacial score (nSPS) is 12.8. The van der Waals surface area contributed by atoms with E-state index in [9.17, 15) is 14.0 Å². The lowest BCUT2D eigenvalue weighted by atomic mass is 10.2. The highest BCUT2D eigenvalue weighted by molar-refractivity contribution is 6.31. The van der Waals surface area contributed by atoms with Gasteiger partial charge in [-0.15, -0.1) is 0 Å². The predicted octanol–water partition coefficient (Wildman–Crippen LogP) is 2.61. The molecule has 27 heavy (non-hydrogen) atoms. The van der Waals surface area contributed by atoms with E-state index < -0.39 is 16.9 Å².